The molecule has 0 amide bonds. The van der Waals surface area contributed by atoms with E-state index in [0.717, 1.165) is 19.6 Å². The molecule has 0 bridgehead atoms. The van der Waals surface area contributed by atoms with Gasteiger partial charge in [0, 0.05) is 25.2 Å². The molecule has 1 heterocycles. The van der Waals surface area contributed by atoms with Crippen molar-refractivity contribution in [1.29, 1.82) is 0 Å². The number of rotatable bonds is 2. The summed E-state index contributed by atoms with van der Waals surface area (Å²) in [5, 5.41) is 0. The van der Waals surface area contributed by atoms with Crippen LogP contribution in [0.15, 0.2) is 24.3 Å². The fraction of sp³-hybridized carbons (Fsp3) is 0.500. The molecule has 0 radical (unpaired) electrons. The first-order valence-corrected chi connectivity index (χ1v) is 5.12. The second-order valence-corrected chi connectivity index (χ2v) is 4.79. The smallest absolute Gasteiger partial charge is 0.0384 e. The third-order valence-electron chi connectivity index (χ3n) is 2.66. The zero-order chi connectivity index (χ0) is 10.2. The summed E-state index contributed by atoms with van der Waals surface area (Å²) in [6, 6.07) is 8.67. The van der Waals surface area contributed by atoms with E-state index in [1.165, 1.54) is 11.1 Å². The Morgan fingerprint density at radius 2 is 2.14 bits per heavy atom. The van der Waals surface area contributed by atoms with Crippen LogP contribution in [0.3, 0.4) is 0 Å². The molecule has 14 heavy (non-hydrogen) atoms. The minimum absolute atomic E-state index is 0.0455. The van der Waals surface area contributed by atoms with Crippen LogP contribution in [-0.2, 0) is 6.54 Å². The van der Waals surface area contributed by atoms with E-state index in [4.69, 9.17) is 5.73 Å². The Morgan fingerprint density at radius 3 is 2.71 bits per heavy atom. The lowest BCUT2D eigenvalue weighted by Gasteiger charge is -2.45. The van der Waals surface area contributed by atoms with Gasteiger partial charge < -0.3 is 5.73 Å². The number of nitrogens with zero attached hydrogens (tertiary/aromatic N) is 1. The molecule has 1 aliphatic heterocycles. The third kappa shape index (κ3) is 2.14. The molecule has 0 spiro atoms. The molecule has 2 N–H and O–H groups in total. The fourth-order valence-electron chi connectivity index (χ4n) is 2.16. The van der Waals surface area contributed by atoms with Crippen molar-refractivity contribution < 1.29 is 0 Å². The molecule has 1 aromatic rings. The topological polar surface area (TPSA) is 29.3 Å². The normalized spacial score (nSPS) is 20.5. The standard InChI is InChI=1S/C12H18N2/c1-10-4-3-5-11(6-10)7-14-8-12(2,13)9-14/h3-6H,7-9,13H2,1-2H3. The average Bonchev–Trinajstić information content (AvgIpc) is 2.00. The van der Waals surface area contributed by atoms with E-state index in [1.807, 2.05) is 0 Å². The Bertz CT molecular complexity index is 323. The predicted molar refractivity (Wildman–Crippen MR) is 59.0 cm³/mol. The van der Waals surface area contributed by atoms with Crippen LogP contribution in [-0.4, -0.2) is 23.5 Å². The Morgan fingerprint density at radius 1 is 1.43 bits per heavy atom. The molecule has 0 aliphatic carbocycles. The average molecular weight is 190 g/mol. The van der Waals surface area contributed by atoms with E-state index >= 15 is 0 Å². The van der Waals surface area contributed by atoms with Crippen molar-refractivity contribution in [2.24, 2.45) is 5.73 Å². The van der Waals surface area contributed by atoms with Crippen LogP contribution in [0.1, 0.15) is 18.1 Å². The lowest BCUT2D eigenvalue weighted by atomic mass is 9.93. The van der Waals surface area contributed by atoms with Gasteiger partial charge in [0.1, 0.15) is 0 Å². The first-order valence-electron chi connectivity index (χ1n) is 5.12. The highest BCUT2D eigenvalue weighted by molar-refractivity contribution is 5.22. The first-order chi connectivity index (χ1) is 6.55. The van der Waals surface area contributed by atoms with E-state index in [0.29, 0.717) is 0 Å². The summed E-state index contributed by atoms with van der Waals surface area (Å²) in [4.78, 5) is 2.38. The summed E-state index contributed by atoms with van der Waals surface area (Å²) >= 11 is 0. The van der Waals surface area contributed by atoms with Crippen molar-refractivity contribution >= 4 is 0 Å². The van der Waals surface area contributed by atoms with Gasteiger partial charge in [0.25, 0.3) is 0 Å². The van der Waals surface area contributed by atoms with Crippen molar-refractivity contribution in [1.82, 2.24) is 4.90 Å². The molecule has 0 unspecified atom stereocenters. The Labute approximate surface area is 85.7 Å². The molecule has 0 saturated carbocycles. The van der Waals surface area contributed by atoms with Crippen molar-refractivity contribution in [3.63, 3.8) is 0 Å². The van der Waals surface area contributed by atoms with Gasteiger partial charge in [0.2, 0.25) is 0 Å². The van der Waals surface area contributed by atoms with Crippen molar-refractivity contribution in [2.45, 2.75) is 25.9 Å². The van der Waals surface area contributed by atoms with Gasteiger partial charge in [-0.1, -0.05) is 29.8 Å². The molecular weight excluding hydrogens is 172 g/mol. The van der Waals surface area contributed by atoms with Gasteiger partial charge in [0.15, 0.2) is 0 Å². The van der Waals surface area contributed by atoms with Gasteiger partial charge in [-0.2, -0.15) is 0 Å². The molecule has 2 rings (SSSR count). The van der Waals surface area contributed by atoms with E-state index < -0.39 is 0 Å². The van der Waals surface area contributed by atoms with Gasteiger partial charge >= 0.3 is 0 Å². The van der Waals surface area contributed by atoms with Crippen LogP contribution in [0.2, 0.25) is 0 Å². The van der Waals surface area contributed by atoms with Crippen LogP contribution in [0, 0.1) is 6.92 Å². The van der Waals surface area contributed by atoms with Crippen LogP contribution in [0.4, 0.5) is 0 Å². The van der Waals surface area contributed by atoms with Gasteiger partial charge in [-0.25, -0.2) is 0 Å². The predicted octanol–water partition coefficient (Wildman–Crippen LogP) is 1.53. The summed E-state index contributed by atoms with van der Waals surface area (Å²) in [6.07, 6.45) is 0. The summed E-state index contributed by atoms with van der Waals surface area (Å²) in [6.45, 7) is 7.31. The molecule has 1 saturated heterocycles. The lowest BCUT2D eigenvalue weighted by molar-refractivity contribution is 0.0764. The molecule has 1 aliphatic rings. The molecule has 1 aromatic carbocycles. The molecule has 2 nitrogen and oxygen atoms in total. The molecule has 2 heteroatoms. The maximum atomic E-state index is 5.95. The van der Waals surface area contributed by atoms with Crippen molar-refractivity contribution in [3.8, 4) is 0 Å². The molecule has 0 atom stereocenters. The van der Waals surface area contributed by atoms with E-state index in [-0.39, 0.29) is 5.54 Å². The Balaban J connectivity index is 1.93. The van der Waals surface area contributed by atoms with Crippen LogP contribution in [0.5, 0.6) is 0 Å². The number of likely N-dealkylation sites (tertiary alicyclic amines) is 1. The summed E-state index contributed by atoms with van der Waals surface area (Å²) in [7, 11) is 0. The quantitative estimate of drug-likeness (QED) is 0.766. The van der Waals surface area contributed by atoms with Gasteiger partial charge in [-0.15, -0.1) is 0 Å². The number of hydrogen-bond donors (Lipinski definition) is 1. The monoisotopic (exact) mass is 190 g/mol. The van der Waals surface area contributed by atoms with Crippen LogP contribution < -0.4 is 5.73 Å². The summed E-state index contributed by atoms with van der Waals surface area (Å²) in [5.41, 5.74) is 8.72. The Kier molecular flexibility index (Phi) is 2.33. The van der Waals surface area contributed by atoms with E-state index in [1.54, 1.807) is 0 Å². The highest BCUT2D eigenvalue weighted by Crippen LogP contribution is 2.20. The number of aryl methyl sites for hydroxylation is 1. The maximum absolute atomic E-state index is 5.95. The van der Waals surface area contributed by atoms with Crippen LogP contribution in [0.25, 0.3) is 0 Å². The summed E-state index contributed by atoms with van der Waals surface area (Å²) in [5.74, 6) is 0. The minimum atomic E-state index is 0.0455. The van der Waals surface area contributed by atoms with Gasteiger partial charge in [-0.05, 0) is 19.4 Å². The molecule has 0 aromatic heterocycles. The zero-order valence-corrected chi connectivity index (χ0v) is 8.96. The number of hydrogen-bond acceptors (Lipinski definition) is 2. The molecular formula is C12H18N2. The second-order valence-electron chi connectivity index (χ2n) is 4.79. The maximum Gasteiger partial charge on any atom is 0.0384 e. The highest BCUT2D eigenvalue weighted by Gasteiger charge is 2.34. The van der Waals surface area contributed by atoms with E-state index in [9.17, 15) is 0 Å². The zero-order valence-electron chi connectivity index (χ0n) is 8.96. The van der Waals surface area contributed by atoms with Crippen molar-refractivity contribution in [3.05, 3.63) is 35.4 Å². The highest BCUT2D eigenvalue weighted by atomic mass is 15.2. The second kappa shape index (κ2) is 3.37. The van der Waals surface area contributed by atoms with E-state index in [2.05, 4.69) is 43.0 Å². The molecule has 76 valence electrons. The summed E-state index contributed by atoms with van der Waals surface area (Å²) < 4.78 is 0. The molecule has 1 fully saturated rings. The van der Waals surface area contributed by atoms with Gasteiger partial charge in [-0.3, -0.25) is 4.90 Å². The SMILES string of the molecule is Cc1cccc(CN2CC(C)(N)C2)c1. The van der Waals surface area contributed by atoms with Crippen molar-refractivity contribution in [2.75, 3.05) is 13.1 Å². The third-order valence-corrected chi connectivity index (χ3v) is 2.66. The van der Waals surface area contributed by atoms with Crippen LogP contribution >= 0.6 is 0 Å². The number of nitrogens with two attached hydrogens (primary N) is 1. The largest absolute Gasteiger partial charge is 0.323 e. The van der Waals surface area contributed by atoms with Gasteiger partial charge in [0.05, 0.1) is 0 Å². The number of benzene rings is 1. The fourth-order valence-corrected chi connectivity index (χ4v) is 2.16. The lowest BCUT2D eigenvalue weighted by Crippen LogP contribution is -2.64. The minimum Gasteiger partial charge on any atom is -0.323 e. The first kappa shape index (κ1) is 9.69. The Hall–Kier alpha value is -0.860.